The first kappa shape index (κ1) is 22.0. The van der Waals surface area contributed by atoms with E-state index in [4.69, 9.17) is 0 Å². The quantitative estimate of drug-likeness (QED) is 0.762. The molecule has 0 aliphatic carbocycles. The monoisotopic (exact) mass is 434 g/mol. The van der Waals surface area contributed by atoms with E-state index >= 15 is 0 Å². The highest BCUT2D eigenvalue weighted by atomic mass is 32.2. The predicted molar refractivity (Wildman–Crippen MR) is 118 cm³/mol. The van der Waals surface area contributed by atoms with Crippen LogP contribution in [0.5, 0.6) is 0 Å². The number of carbonyl (C=O) groups is 1. The Bertz CT molecular complexity index is 921. The lowest BCUT2D eigenvalue weighted by atomic mass is 9.87. The summed E-state index contributed by atoms with van der Waals surface area (Å²) in [5, 5.41) is 5.06. The average molecular weight is 435 g/mol. The van der Waals surface area contributed by atoms with Gasteiger partial charge in [-0.05, 0) is 54.3 Å². The fraction of sp³-hybridized carbons (Fsp3) is 0.500. The number of thiophene rings is 1. The van der Waals surface area contributed by atoms with E-state index in [1.807, 2.05) is 36.6 Å². The van der Waals surface area contributed by atoms with Crippen molar-refractivity contribution < 1.29 is 13.2 Å². The zero-order valence-corrected chi connectivity index (χ0v) is 19.1. The minimum absolute atomic E-state index is 0.0116. The number of benzene rings is 1. The van der Waals surface area contributed by atoms with Crippen molar-refractivity contribution in [3.05, 3.63) is 52.2 Å². The topological polar surface area (TPSA) is 66.5 Å². The predicted octanol–water partition coefficient (Wildman–Crippen LogP) is 4.32. The van der Waals surface area contributed by atoms with Crippen molar-refractivity contribution in [2.45, 2.75) is 56.9 Å². The maximum Gasteiger partial charge on any atom is 0.243 e. The lowest BCUT2D eigenvalue weighted by Gasteiger charge is -2.31. The fourth-order valence-electron chi connectivity index (χ4n) is 3.57. The van der Waals surface area contributed by atoms with Crippen LogP contribution in [0.2, 0.25) is 0 Å². The molecule has 1 aromatic carbocycles. The Morgan fingerprint density at radius 2 is 1.76 bits per heavy atom. The lowest BCUT2D eigenvalue weighted by Crippen LogP contribution is -2.43. The summed E-state index contributed by atoms with van der Waals surface area (Å²) < 4.78 is 27.5. The van der Waals surface area contributed by atoms with Crippen molar-refractivity contribution in [3.8, 4) is 0 Å². The summed E-state index contributed by atoms with van der Waals surface area (Å²) in [6.07, 6.45) is 1.09. The van der Waals surface area contributed by atoms with Crippen LogP contribution in [0.15, 0.2) is 46.7 Å². The molecule has 1 aromatic heterocycles. The summed E-state index contributed by atoms with van der Waals surface area (Å²) in [6, 6.07) is 11.1. The van der Waals surface area contributed by atoms with Gasteiger partial charge in [0.2, 0.25) is 15.9 Å². The van der Waals surface area contributed by atoms with Gasteiger partial charge in [0.25, 0.3) is 0 Å². The summed E-state index contributed by atoms with van der Waals surface area (Å²) in [4.78, 5) is 14.0. The van der Waals surface area contributed by atoms with Crippen molar-refractivity contribution in [1.82, 2.24) is 9.62 Å². The minimum atomic E-state index is -3.53. The maximum atomic E-state index is 13.0. The molecule has 1 saturated heterocycles. The van der Waals surface area contributed by atoms with Crippen LogP contribution in [0, 0.1) is 5.92 Å². The highest BCUT2D eigenvalue weighted by Gasteiger charge is 2.32. The van der Waals surface area contributed by atoms with Gasteiger partial charge in [-0.1, -0.05) is 39.0 Å². The molecular formula is C22H30N2O3S2. The third kappa shape index (κ3) is 5.08. The first-order valence-corrected chi connectivity index (χ1v) is 12.4. The van der Waals surface area contributed by atoms with E-state index in [1.54, 1.807) is 23.5 Å². The number of hydrogen-bond acceptors (Lipinski definition) is 4. The molecule has 1 fully saturated rings. The number of hydrogen-bond donors (Lipinski definition) is 1. The number of carbonyl (C=O) groups excluding carboxylic acids is 1. The van der Waals surface area contributed by atoms with E-state index in [1.165, 1.54) is 4.31 Å². The molecule has 3 rings (SSSR count). The van der Waals surface area contributed by atoms with Gasteiger partial charge in [-0.2, -0.15) is 4.31 Å². The molecule has 0 radical (unpaired) electrons. The molecule has 1 aliphatic heterocycles. The van der Waals surface area contributed by atoms with Gasteiger partial charge in [0.1, 0.15) is 0 Å². The minimum Gasteiger partial charge on any atom is -0.349 e. The first-order valence-electron chi connectivity index (χ1n) is 10.0. The Balaban J connectivity index is 1.60. The van der Waals surface area contributed by atoms with E-state index in [9.17, 15) is 13.2 Å². The Hall–Kier alpha value is -1.70. The van der Waals surface area contributed by atoms with Gasteiger partial charge < -0.3 is 5.32 Å². The molecule has 29 heavy (non-hydrogen) atoms. The van der Waals surface area contributed by atoms with E-state index < -0.39 is 10.0 Å². The Labute approximate surface area is 178 Å². The lowest BCUT2D eigenvalue weighted by molar-refractivity contribution is -0.126. The third-order valence-corrected chi connectivity index (χ3v) is 8.48. The van der Waals surface area contributed by atoms with Gasteiger partial charge in [-0.25, -0.2) is 8.42 Å². The third-order valence-electron chi connectivity index (χ3n) is 5.51. The van der Waals surface area contributed by atoms with Crippen LogP contribution in [0.1, 0.15) is 57.0 Å². The molecule has 1 aliphatic rings. The molecule has 2 heterocycles. The van der Waals surface area contributed by atoms with Crippen molar-refractivity contribution >= 4 is 27.3 Å². The molecule has 5 nitrogen and oxygen atoms in total. The molecule has 7 heteroatoms. The summed E-state index contributed by atoms with van der Waals surface area (Å²) in [5.41, 5.74) is 1.08. The molecule has 1 unspecified atom stereocenters. The zero-order valence-electron chi connectivity index (χ0n) is 17.5. The van der Waals surface area contributed by atoms with E-state index in [0.717, 1.165) is 10.4 Å². The largest absolute Gasteiger partial charge is 0.349 e. The Morgan fingerprint density at radius 3 is 2.28 bits per heavy atom. The number of nitrogens with zero attached hydrogens (tertiary/aromatic N) is 1. The van der Waals surface area contributed by atoms with Crippen molar-refractivity contribution in [1.29, 1.82) is 0 Å². The van der Waals surface area contributed by atoms with Crippen LogP contribution in [-0.4, -0.2) is 31.7 Å². The number of rotatable bonds is 5. The zero-order chi connectivity index (χ0) is 21.2. The van der Waals surface area contributed by atoms with Gasteiger partial charge in [0.05, 0.1) is 10.9 Å². The van der Waals surface area contributed by atoms with Gasteiger partial charge in [0.15, 0.2) is 0 Å². The normalized spacial score (nSPS) is 17.8. The van der Waals surface area contributed by atoms with Gasteiger partial charge >= 0.3 is 0 Å². The summed E-state index contributed by atoms with van der Waals surface area (Å²) in [6.45, 7) is 9.02. The van der Waals surface area contributed by atoms with E-state index in [0.29, 0.717) is 30.8 Å². The Morgan fingerprint density at radius 1 is 1.14 bits per heavy atom. The van der Waals surface area contributed by atoms with Gasteiger partial charge in [-0.15, -0.1) is 11.3 Å². The average Bonchev–Trinajstić information content (AvgIpc) is 3.22. The number of nitrogens with one attached hydrogen (secondary N) is 1. The van der Waals surface area contributed by atoms with E-state index in [-0.39, 0.29) is 23.3 Å². The van der Waals surface area contributed by atoms with Crippen LogP contribution < -0.4 is 5.32 Å². The van der Waals surface area contributed by atoms with Crippen molar-refractivity contribution in [2.24, 2.45) is 5.92 Å². The molecule has 158 valence electrons. The molecule has 2 aromatic rings. The molecule has 1 amide bonds. The van der Waals surface area contributed by atoms with E-state index in [2.05, 4.69) is 26.1 Å². The highest BCUT2D eigenvalue weighted by Crippen LogP contribution is 2.28. The summed E-state index contributed by atoms with van der Waals surface area (Å²) >= 11 is 1.62. The summed E-state index contributed by atoms with van der Waals surface area (Å²) in [5.74, 6) is -0.135. The molecule has 0 bridgehead atoms. The second-order valence-corrected chi connectivity index (χ2v) is 11.6. The SMILES string of the molecule is CC(NC(=O)C1CCN(S(=O)(=O)c2ccc(C(C)(C)C)cc2)CC1)c1cccs1. The summed E-state index contributed by atoms with van der Waals surface area (Å²) in [7, 11) is -3.53. The highest BCUT2D eigenvalue weighted by molar-refractivity contribution is 7.89. The maximum absolute atomic E-state index is 13.0. The number of piperidine rings is 1. The molecular weight excluding hydrogens is 404 g/mol. The van der Waals surface area contributed by atoms with Crippen LogP contribution in [0.25, 0.3) is 0 Å². The van der Waals surface area contributed by atoms with Crippen LogP contribution >= 0.6 is 11.3 Å². The standard InChI is InChI=1S/C22H30N2O3S2/c1-16(20-6-5-15-28-20)23-21(25)17-11-13-24(14-12-17)29(26,27)19-9-7-18(8-10-19)22(2,3)4/h5-10,15-17H,11-14H2,1-4H3,(H,23,25). The smallest absolute Gasteiger partial charge is 0.243 e. The van der Waals surface area contributed by atoms with Crippen LogP contribution in [-0.2, 0) is 20.2 Å². The second-order valence-electron chi connectivity index (χ2n) is 8.70. The van der Waals surface area contributed by atoms with Crippen LogP contribution in [0.3, 0.4) is 0 Å². The van der Waals surface area contributed by atoms with Crippen LogP contribution in [0.4, 0.5) is 0 Å². The number of amides is 1. The Kier molecular flexibility index (Phi) is 6.51. The molecule has 1 N–H and O–H groups in total. The number of sulfonamides is 1. The second kappa shape index (κ2) is 8.58. The van der Waals surface area contributed by atoms with Crippen molar-refractivity contribution in [3.63, 3.8) is 0 Å². The first-order chi connectivity index (χ1) is 13.6. The van der Waals surface area contributed by atoms with Gasteiger partial charge in [-0.3, -0.25) is 4.79 Å². The molecule has 1 atom stereocenters. The van der Waals surface area contributed by atoms with Crippen molar-refractivity contribution in [2.75, 3.05) is 13.1 Å². The fourth-order valence-corrected chi connectivity index (χ4v) is 5.78. The van der Waals surface area contributed by atoms with Gasteiger partial charge in [0, 0.05) is 23.9 Å². The molecule has 0 spiro atoms. The molecule has 0 saturated carbocycles.